The number of para-hydroxylation sites is 1. The highest BCUT2D eigenvalue weighted by Gasteiger charge is 2.73. The molecule has 2 amide bonds. The number of hydrogen-bond donors (Lipinski definition) is 3. The van der Waals surface area contributed by atoms with E-state index in [4.69, 9.17) is 0 Å². The van der Waals surface area contributed by atoms with Gasteiger partial charge in [0.15, 0.2) is 0 Å². The predicted molar refractivity (Wildman–Crippen MR) is 89.7 cm³/mol. The third-order valence-corrected chi connectivity index (χ3v) is 4.34. The Morgan fingerprint density at radius 2 is 1.41 bits per heavy atom. The summed E-state index contributed by atoms with van der Waals surface area (Å²) in [6, 6.07) is 9.49. The highest BCUT2D eigenvalue weighted by Crippen LogP contribution is 2.44. The number of halogens is 6. The quantitative estimate of drug-likeness (QED) is 0.527. The summed E-state index contributed by atoms with van der Waals surface area (Å²) in [6.45, 7) is 0. The van der Waals surface area contributed by atoms with Crippen molar-refractivity contribution >= 4 is 17.5 Å². The van der Waals surface area contributed by atoms with Crippen molar-refractivity contribution in [3.63, 3.8) is 0 Å². The molecule has 0 bridgehead atoms. The van der Waals surface area contributed by atoms with E-state index in [9.17, 15) is 35.9 Å². The minimum atomic E-state index is -6.02. The van der Waals surface area contributed by atoms with Crippen LogP contribution >= 0.6 is 0 Å². The molecule has 0 unspecified atom stereocenters. The number of fused-ring (bicyclic) bond motifs is 1. The van der Waals surface area contributed by atoms with Crippen molar-refractivity contribution < 1.29 is 35.9 Å². The van der Waals surface area contributed by atoms with E-state index in [0.29, 0.717) is 0 Å². The van der Waals surface area contributed by atoms with Crippen LogP contribution in [0.5, 0.6) is 0 Å². The molecule has 0 saturated heterocycles. The van der Waals surface area contributed by atoms with E-state index in [2.05, 4.69) is 5.32 Å². The molecule has 0 spiro atoms. The van der Waals surface area contributed by atoms with Crippen LogP contribution in [0.2, 0.25) is 0 Å². The minimum absolute atomic E-state index is 0.0719. The fraction of sp³-hybridized carbons (Fsp3) is 0.222. The Bertz CT molecular complexity index is 913. The van der Waals surface area contributed by atoms with Gasteiger partial charge in [-0.3, -0.25) is 14.9 Å². The van der Waals surface area contributed by atoms with E-state index >= 15 is 0 Å². The Morgan fingerprint density at radius 3 is 2.00 bits per heavy atom. The van der Waals surface area contributed by atoms with Crippen LogP contribution in [0.3, 0.4) is 0 Å². The van der Waals surface area contributed by atoms with Gasteiger partial charge in [-0.05, 0) is 18.2 Å². The van der Waals surface area contributed by atoms with Crippen molar-refractivity contribution in [2.45, 2.75) is 24.1 Å². The van der Waals surface area contributed by atoms with Crippen LogP contribution in [-0.4, -0.2) is 29.8 Å². The lowest BCUT2D eigenvalue weighted by atomic mass is 10.0. The zero-order valence-electron chi connectivity index (χ0n) is 14.4. The number of hydrogen-bond acceptors (Lipinski definition) is 3. The first-order valence-corrected chi connectivity index (χ1v) is 8.15. The summed E-state index contributed by atoms with van der Waals surface area (Å²) in [5.41, 5.74) is -5.32. The molecule has 1 aliphatic heterocycles. The molecule has 1 heterocycles. The zero-order valence-corrected chi connectivity index (χ0v) is 14.4. The highest BCUT2D eigenvalue weighted by molar-refractivity contribution is 6.02. The van der Waals surface area contributed by atoms with E-state index in [-0.39, 0.29) is 11.3 Å². The molecular weight excluding hydrogens is 404 g/mol. The van der Waals surface area contributed by atoms with Crippen molar-refractivity contribution in [1.29, 1.82) is 0 Å². The summed E-state index contributed by atoms with van der Waals surface area (Å²) in [6.07, 6.45) is -12.0. The number of amides is 2. The van der Waals surface area contributed by atoms with Crippen LogP contribution in [0.25, 0.3) is 0 Å². The van der Waals surface area contributed by atoms with Crippen molar-refractivity contribution in [3.05, 3.63) is 65.7 Å². The zero-order chi connectivity index (χ0) is 21.4. The summed E-state index contributed by atoms with van der Waals surface area (Å²) in [4.78, 5) is 24.3. The van der Waals surface area contributed by atoms with Gasteiger partial charge in [-0.15, -0.1) is 0 Å². The standard InChI is InChI=1S/C18H13F6N3O2/c19-17(20,21)16(18(22,23)24,27-14(28)10-6-2-1-3-7-10)26-13-11-8-4-5-9-12(11)25-15(13)29/h1-9,13,26H,(H,25,29)(H,27,28)/t13-/m1/s1. The van der Waals surface area contributed by atoms with Gasteiger partial charge in [0.05, 0.1) is 0 Å². The van der Waals surface area contributed by atoms with Crippen LogP contribution in [0.4, 0.5) is 32.0 Å². The molecule has 3 N–H and O–H groups in total. The molecule has 3 rings (SSSR count). The van der Waals surface area contributed by atoms with Gasteiger partial charge in [0.1, 0.15) is 6.04 Å². The van der Waals surface area contributed by atoms with Gasteiger partial charge in [0, 0.05) is 16.8 Å². The molecule has 0 aromatic heterocycles. The molecule has 1 atom stereocenters. The Balaban J connectivity index is 2.06. The molecule has 0 aliphatic carbocycles. The third-order valence-electron chi connectivity index (χ3n) is 4.34. The number of anilines is 1. The molecule has 29 heavy (non-hydrogen) atoms. The first-order chi connectivity index (χ1) is 13.5. The van der Waals surface area contributed by atoms with E-state index in [1.165, 1.54) is 47.8 Å². The second kappa shape index (κ2) is 7.07. The van der Waals surface area contributed by atoms with Gasteiger partial charge in [-0.2, -0.15) is 26.3 Å². The Hall–Kier alpha value is -3.08. The SMILES string of the molecule is O=C(NC(N[C@H]1C(=O)Nc2ccccc21)(C(F)(F)F)C(F)(F)F)c1ccccc1. The van der Waals surface area contributed by atoms with Gasteiger partial charge < -0.3 is 10.6 Å². The van der Waals surface area contributed by atoms with Crippen LogP contribution in [0, 0.1) is 0 Å². The van der Waals surface area contributed by atoms with Gasteiger partial charge in [-0.25, -0.2) is 0 Å². The van der Waals surface area contributed by atoms with E-state index in [0.717, 1.165) is 17.4 Å². The molecular formula is C18H13F6N3O2. The van der Waals surface area contributed by atoms with E-state index in [1.807, 2.05) is 0 Å². The van der Waals surface area contributed by atoms with Crippen LogP contribution in [0.1, 0.15) is 22.0 Å². The summed E-state index contributed by atoms with van der Waals surface area (Å²) in [5, 5.41) is 4.56. The van der Waals surface area contributed by atoms with E-state index in [1.54, 1.807) is 0 Å². The first kappa shape index (κ1) is 20.6. The van der Waals surface area contributed by atoms with Crippen molar-refractivity contribution in [2.24, 2.45) is 0 Å². The smallest absolute Gasteiger partial charge is 0.324 e. The van der Waals surface area contributed by atoms with E-state index < -0.39 is 41.4 Å². The monoisotopic (exact) mass is 417 g/mol. The maximum absolute atomic E-state index is 13.8. The third kappa shape index (κ3) is 3.65. The fourth-order valence-corrected chi connectivity index (χ4v) is 2.90. The molecule has 2 aromatic carbocycles. The average molecular weight is 417 g/mol. The summed E-state index contributed by atoms with van der Waals surface area (Å²) < 4.78 is 82.6. The first-order valence-electron chi connectivity index (χ1n) is 8.15. The van der Waals surface area contributed by atoms with Crippen LogP contribution in [0.15, 0.2) is 54.6 Å². The topological polar surface area (TPSA) is 70.2 Å². The number of rotatable bonds is 4. The molecule has 0 fully saturated rings. The summed E-state index contributed by atoms with van der Waals surface area (Å²) in [7, 11) is 0. The second-order valence-electron chi connectivity index (χ2n) is 6.22. The Morgan fingerprint density at radius 1 is 0.862 bits per heavy atom. The van der Waals surface area contributed by atoms with Crippen molar-refractivity contribution in [3.8, 4) is 0 Å². The van der Waals surface area contributed by atoms with Crippen LogP contribution < -0.4 is 16.0 Å². The minimum Gasteiger partial charge on any atom is -0.324 e. The Kier molecular flexibility index (Phi) is 5.03. The largest absolute Gasteiger partial charge is 0.434 e. The number of carbonyl (C=O) groups is 2. The second-order valence-corrected chi connectivity index (χ2v) is 6.22. The lowest BCUT2D eigenvalue weighted by Gasteiger charge is -2.39. The highest BCUT2D eigenvalue weighted by atomic mass is 19.4. The molecule has 1 aliphatic rings. The van der Waals surface area contributed by atoms with Crippen LogP contribution in [-0.2, 0) is 4.79 Å². The number of benzene rings is 2. The maximum atomic E-state index is 13.8. The molecule has 154 valence electrons. The maximum Gasteiger partial charge on any atom is 0.434 e. The normalized spacial score (nSPS) is 16.9. The number of alkyl halides is 6. The van der Waals surface area contributed by atoms with Gasteiger partial charge in [0.2, 0.25) is 5.91 Å². The van der Waals surface area contributed by atoms with Crippen molar-refractivity contribution in [1.82, 2.24) is 10.6 Å². The lowest BCUT2D eigenvalue weighted by Crippen LogP contribution is -2.76. The fourth-order valence-electron chi connectivity index (χ4n) is 2.90. The summed E-state index contributed by atoms with van der Waals surface area (Å²) >= 11 is 0. The van der Waals surface area contributed by atoms with Gasteiger partial charge in [0.25, 0.3) is 11.6 Å². The molecule has 0 saturated carbocycles. The average Bonchev–Trinajstić information content (AvgIpc) is 2.95. The van der Waals surface area contributed by atoms with Crippen molar-refractivity contribution in [2.75, 3.05) is 5.32 Å². The predicted octanol–water partition coefficient (Wildman–Crippen LogP) is 3.52. The molecule has 2 aromatic rings. The molecule has 5 nitrogen and oxygen atoms in total. The molecule has 0 radical (unpaired) electrons. The lowest BCUT2D eigenvalue weighted by molar-refractivity contribution is -0.315. The Labute approximate surface area is 160 Å². The van der Waals surface area contributed by atoms with Gasteiger partial charge in [-0.1, -0.05) is 36.4 Å². The van der Waals surface area contributed by atoms with Gasteiger partial charge >= 0.3 is 12.4 Å². The summed E-state index contributed by atoms with van der Waals surface area (Å²) in [5.74, 6) is -2.72. The molecule has 11 heteroatoms. The number of nitrogens with one attached hydrogen (secondary N) is 3. The number of carbonyl (C=O) groups excluding carboxylic acids is 2.